The summed E-state index contributed by atoms with van der Waals surface area (Å²) in [6.45, 7) is 3.29. The number of nitrogens with two attached hydrogens (primary N) is 1. The van der Waals surface area contributed by atoms with Crippen LogP contribution in [0, 0.1) is 6.92 Å². The SMILES string of the molecule is Cc1csc(CNCCC(N)=O)n1. The summed E-state index contributed by atoms with van der Waals surface area (Å²) in [5, 5.41) is 6.14. The Morgan fingerprint density at radius 3 is 3.08 bits per heavy atom. The number of thiazole rings is 1. The van der Waals surface area contributed by atoms with Crippen LogP contribution in [-0.2, 0) is 11.3 Å². The van der Waals surface area contributed by atoms with Gasteiger partial charge in [-0.05, 0) is 6.92 Å². The summed E-state index contributed by atoms with van der Waals surface area (Å²) in [5.74, 6) is -0.275. The summed E-state index contributed by atoms with van der Waals surface area (Å²) >= 11 is 1.62. The van der Waals surface area contributed by atoms with Crippen LogP contribution in [0.1, 0.15) is 17.1 Å². The van der Waals surface area contributed by atoms with Gasteiger partial charge in [0.2, 0.25) is 5.91 Å². The normalized spacial score (nSPS) is 10.2. The van der Waals surface area contributed by atoms with Crippen molar-refractivity contribution in [3.63, 3.8) is 0 Å². The van der Waals surface area contributed by atoms with Gasteiger partial charge in [0.1, 0.15) is 5.01 Å². The maximum absolute atomic E-state index is 10.4. The number of carbonyl (C=O) groups excluding carboxylic acids is 1. The molecule has 0 aliphatic carbocycles. The molecule has 0 atom stereocenters. The molecule has 0 saturated heterocycles. The fourth-order valence-electron chi connectivity index (χ4n) is 0.891. The highest BCUT2D eigenvalue weighted by atomic mass is 32.1. The molecule has 0 unspecified atom stereocenters. The first kappa shape index (κ1) is 10.1. The van der Waals surface area contributed by atoms with Gasteiger partial charge in [-0.2, -0.15) is 0 Å². The van der Waals surface area contributed by atoms with E-state index in [1.807, 2.05) is 12.3 Å². The van der Waals surface area contributed by atoms with Crippen LogP contribution < -0.4 is 11.1 Å². The second-order valence-corrected chi connectivity index (χ2v) is 3.72. The van der Waals surface area contributed by atoms with Crippen LogP contribution in [-0.4, -0.2) is 17.4 Å². The lowest BCUT2D eigenvalue weighted by Gasteiger charge is -1.98. The third kappa shape index (κ3) is 4.00. The molecule has 13 heavy (non-hydrogen) atoms. The van der Waals surface area contributed by atoms with Gasteiger partial charge >= 0.3 is 0 Å². The first-order chi connectivity index (χ1) is 6.18. The molecule has 1 aromatic heterocycles. The van der Waals surface area contributed by atoms with Gasteiger partial charge in [0.05, 0.1) is 0 Å². The topological polar surface area (TPSA) is 68.0 Å². The van der Waals surface area contributed by atoms with Gasteiger partial charge in [-0.3, -0.25) is 4.79 Å². The minimum absolute atomic E-state index is 0.275. The molecule has 1 amide bonds. The van der Waals surface area contributed by atoms with Crippen molar-refractivity contribution in [3.8, 4) is 0 Å². The van der Waals surface area contributed by atoms with E-state index in [1.54, 1.807) is 11.3 Å². The fourth-order valence-corrected chi connectivity index (χ4v) is 1.63. The number of amides is 1. The van der Waals surface area contributed by atoms with E-state index < -0.39 is 0 Å². The largest absolute Gasteiger partial charge is 0.370 e. The Bertz CT molecular complexity index is 285. The minimum atomic E-state index is -0.275. The van der Waals surface area contributed by atoms with Crippen LogP contribution in [0.15, 0.2) is 5.38 Å². The first-order valence-electron chi connectivity index (χ1n) is 4.08. The standard InChI is InChI=1S/C8H13N3OS/c1-6-5-13-8(11-6)4-10-3-2-7(9)12/h5,10H,2-4H2,1H3,(H2,9,12). The zero-order chi connectivity index (χ0) is 9.68. The van der Waals surface area contributed by atoms with Gasteiger partial charge in [-0.15, -0.1) is 11.3 Å². The Morgan fingerprint density at radius 2 is 2.54 bits per heavy atom. The molecule has 72 valence electrons. The number of nitrogens with one attached hydrogen (secondary N) is 1. The summed E-state index contributed by atoms with van der Waals surface area (Å²) < 4.78 is 0. The molecule has 0 aliphatic heterocycles. The lowest BCUT2D eigenvalue weighted by molar-refractivity contribution is -0.117. The number of primary amides is 1. The molecule has 0 bridgehead atoms. The highest BCUT2D eigenvalue weighted by molar-refractivity contribution is 7.09. The Morgan fingerprint density at radius 1 is 1.77 bits per heavy atom. The van der Waals surface area contributed by atoms with Gasteiger partial charge in [0.15, 0.2) is 0 Å². The summed E-state index contributed by atoms with van der Waals surface area (Å²) in [4.78, 5) is 14.7. The summed E-state index contributed by atoms with van der Waals surface area (Å²) in [6.07, 6.45) is 0.379. The zero-order valence-electron chi connectivity index (χ0n) is 7.54. The third-order valence-electron chi connectivity index (χ3n) is 1.49. The smallest absolute Gasteiger partial charge is 0.218 e. The van der Waals surface area contributed by atoms with Crippen molar-refractivity contribution in [2.24, 2.45) is 5.73 Å². The summed E-state index contributed by atoms with van der Waals surface area (Å²) in [6, 6.07) is 0. The second-order valence-electron chi connectivity index (χ2n) is 2.78. The van der Waals surface area contributed by atoms with Crippen LogP contribution in [0.3, 0.4) is 0 Å². The van der Waals surface area contributed by atoms with Gasteiger partial charge in [0, 0.05) is 30.6 Å². The molecule has 0 aromatic carbocycles. The lowest BCUT2D eigenvalue weighted by Crippen LogP contribution is -2.21. The lowest BCUT2D eigenvalue weighted by atomic mass is 10.4. The van der Waals surface area contributed by atoms with Crippen LogP contribution in [0.5, 0.6) is 0 Å². The van der Waals surface area contributed by atoms with E-state index in [0.29, 0.717) is 19.5 Å². The Labute approximate surface area is 81.2 Å². The molecule has 1 aromatic rings. The van der Waals surface area contributed by atoms with Crippen molar-refractivity contribution < 1.29 is 4.79 Å². The van der Waals surface area contributed by atoms with Crippen molar-refractivity contribution in [3.05, 3.63) is 16.1 Å². The van der Waals surface area contributed by atoms with Crippen molar-refractivity contribution in [2.75, 3.05) is 6.54 Å². The number of rotatable bonds is 5. The predicted octanol–water partition coefficient (Wildman–Crippen LogP) is 0.417. The number of aryl methyl sites for hydroxylation is 1. The van der Waals surface area contributed by atoms with Crippen molar-refractivity contribution in [1.29, 1.82) is 0 Å². The van der Waals surface area contributed by atoms with E-state index in [4.69, 9.17) is 5.73 Å². The number of carbonyl (C=O) groups is 1. The minimum Gasteiger partial charge on any atom is -0.370 e. The molecule has 1 heterocycles. The summed E-state index contributed by atoms with van der Waals surface area (Å²) in [7, 11) is 0. The average Bonchev–Trinajstić information content (AvgIpc) is 2.45. The zero-order valence-corrected chi connectivity index (χ0v) is 8.36. The molecule has 0 spiro atoms. The maximum atomic E-state index is 10.4. The molecular formula is C8H13N3OS. The second kappa shape index (κ2) is 4.94. The quantitative estimate of drug-likeness (QED) is 0.675. The molecule has 0 fully saturated rings. The van der Waals surface area contributed by atoms with Gasteiger partial charge in [-0.1, -0.05) is 0 Å². The Kier molecular flexibility index (Phi) is 3.85. The first-order valence-corrected chi connectivity index (χ1v) is 4.96. The van der Waals surface area contributed by atoms with Crippen LogP contribution >= 0.6 is 11.3 Å². The molecule has 4 nitrogen and oxygen atoms in total. The number of hydrogen-bond acceptors (Lipinski definition) is 4. The average molecular weight is 199 g/mol. The highest BCUT2D eigenvalue weighted by Crippen LogP contribution is 2.07. The van der Waals surface area contributed by atoms with E-state index in [9.17, 15) is 4.79 Å². The van der Waals surface area contributed by atoms with E-state index in [-0.39, 0.29) is 5.91 Å². The number of aromatic nitrogens is 1. The molecule has 0 aliphatic rings. The molecule has 1 rings (SSSR count). The molecule has 3 N–H and O–H groups in total. The maximum Gasteiger partial charge on any atom is 0.218 e. The van der Waals surface area contributed by atoms with E-state index in [1.165, 1.54) is 0 Å². The molecule has 5 heteroatoms. The van der Waals surface area contributed by atoms with Gasteiger partial charge in [-0.25, -0.2) is 4.98 Å². The van der Waals surface area contributed by atoms with Crippen LogP contribution in [0.4, 0.5) is 0 Å². The molecular weight excluding hydrogens is 186 g/mol. The van der Waals surface area contributed by atoms with Crippen LogP contribution in [0.25, 0.3) is 0 Å². The monoisotopic (exact) mass is 199 g/mol. The fraction of sp³-hybridized carbons (Fsp3) is 0.500. The van der Waals surface area contributed by atoms with Crippen molar-refractivity contribution in [2.45, 2.75) is 19.9 Å². The van der Waals surface area contributed by atoms with E-state index >= 15 is 0 Å². The van der Waals surface area contributed by atoms with Gasteiger partial charge < -0.3 is 11.1 Å². The predicted molar refractivity (Wildman–Crippen MR) is 52.4 cm³/mol. The Hall–Kier alpha value is -0.940. The van der Waals surface area contributed by atoms with Crippen molar-refractivity contribution >= 4 is 17.2 Å². The van der Waals surface area contributed by atoms with E-state index in [2.05, 4.69) is 10.3 Å². The van der Waals surface area contributed by atoms with E-state index in [0.717, 1.165) is 10.7 Å². The van der Waals surface area contributed by atoms with Gasteiger partial charge in [0.25, 0.3) is 0 Å². The highest BCUT2D eigenvalue weighted by Gasteiger charge is 1.98. The Balaban J connectivity index is 2.16. The number of hydrogen-bond donors (Lipinski definition) is 2. The van der Waals surface area contributed by atoms with Crippen LogP contribution in [0.2, 0.25) is 0 Å². The molecule has 0 saturated carbocycles. The number of nitrogens with zero attached hydrogens (tertiary/aromatic N) is 1. The summed E-state index contributed by atoms with van der Waals surface area (Å²) in [5.41, 5.74) is 6.02. The van der Waals surface area contributed by atoms with Crippen molar-refractivity contribution in [1.82, 2.24) is 10.3 Å². The molecule has 0 radical (unpaired) electrons. The third-order valence-corrected chi connectivity index (χ3v) is 2.46.